The van der Waals surface area contributed by atoms with Crippen LogP contribution in [0.25, 0.3) is 88.7 Å². The molecule has 0 saturated carbocycles. The zero-order chi connectivity index (χ0) is 42.1. The summed E-state index contributed by atoms with van der Waals surface area (Å²) >= 11 is 0. The maximum atomic E-state index is 6.36. The van der Waals surface area contributed by atoms with Gasteiger partial charge in [-0.05, 0) is 128 Å². The van der Waals surface area contributed by atoms with Crippen LogP contribution in [0.15, 0.2) is 247 Å². The smallest absolute Gasteiger partial charge is 0.138 e. The van der Waals surface area contributed by atoms with E-state index in [4.69, 9.17) is 4.42 Å². The van der Waals surface area contributed by atoms with Crippen molar-refractivity contribution >= 4 is 38.8 Å². The standard InChI is InChI=1S/C61H43NO/c1-42-55-20-11-12-25-60(55)63-61(42)51-19-13-18-49(41-51)44-28-34-52(35-29-44)62(53-36-30-45(31-37-53)50-27-26-43-14-5-6-17-48(43)40-50)54-38-32-47(33-39-54)57-22-8-10-24-59(57)58-23-9-7-21-56(58)46-15-3-2-4-16-46/h2-41H,1H3. The SMILES string of the molecule is Cc1c(-c2cccc(-c3ccc(N(c4ccc(-c5ccc6ccccc6c5)cc4)c4ccc(-c5ccccc5-c5ccccc5-c5ccccc5)cc4)cc3)c2)oc2ccccc12. The van der Waals surface area contributed by atoms with Gasteiger partial charge in [0.2, 0.25) is 0 Å². The topological polar surface area (TPSA) is 16.4 Å². The third-order valence-corrected chi connectivity index (χ3v) is 12.3. The lowest BCUT2D eigenvalue weighted by atomic mass is 9.89. The van der Waals surface area contributed by atoms with E-state index in [1.807, 2.05) is 12.1 Å². The van der Waals surface area contributed by atoms with Gasteiger partial charge in [-0.15, -0.1) is 0 Å². The van der Waals surface area contributed by atoms with Gasteiger partial charge in [-0.3, -0.25) is 0 Å². The summed E-state index contributed by atoms with van der Waals surface area (Å²) in [6, 6.07) is 87.2. The Bertz CT molecular complexity index is 3380. The number of hydrogen-bond donors (Lipinski definition) is 0. The van der Waals surface area contributed by atoms with Crippen LogP contribution in [0.3, 0.4) is 0 Å². The summed E-state index contributed by atoms with van der Waals surface area (Å²) in [6.07, 6.45) is 0. The van der Waals surface area contributed by atoms with E-state index in [1.54, 1.807) is 0 Å². The number of aryl methyl sites for hydroxylation is 1. The highest BCUT2D eigenvalue weighted by atomic mass is 16.3. The molecule has 2 heteroatoms. The molecule has 0 radical (unpaired) electrons. The van der Waals surface area contributed by atoms with E-state index < -0.39 is 0 Å². The quantitative estimate of drug-likeness (QED) is 0.144. The summed E-state index contributed by atoms with van der Waals surface area (Å²) in [6.45, 7) is 2.14. The van der Waals surface area contributed by atoms with Crippen LogP contribution in [0.5, 0.6) is 0 Å². The Hall–Kier alpha value is -8.20. The van der Waals surface area contributed by atoms with Crippen LogP contribution in [0.1, 0.15) is 5.56 Å². The molecule has 1 aromatic heterocycles. The molecule has 0 aliphatic rings. The molecule has 1 heterocycles. The molecule has 0 fully saturated rings. The van der Waals surface area contributed by atoms with Gasteiger partial charge < -0.3 is 9.32 Å². The molecule has 2 nitrogen and oxygen atoms in total. The lowest BCUT2D eigenvalue weighted by molar-refractivity contribution is 0.629. The van der Waals surface area contributed by atoms with E-state index in [1.165, 1.54) is 55.3 Å². The van der Waals surface area contributed by atoms with Crippen molar-refractivity contribution in [3.63, 3.8) is 0 Å². The Balaban J connectivity index is 0.960. The van der Waals surface area contributed by atoms with E-state index >= 15 is 0 Å². The van der Waals surface area contributed by atoms with Crippen LogP contribution in [-0.4, -0.2) is 0 Å². The highest BCUT2D eigenvalue weighted by Crippen LogP contribution is 2.42. The van der Waals surface area contributed by atoms with Crippen LogP contribution >= 0.6 is 0 Å². The average Bonchev–Trinajstić information content (AvgIpc) is 3.70. The molecular formula is C61H43NO. The van der Waals surface area contributed by atoms with E-state index in [0.29, 0.717) is 0 Å². The van der Waals surface area contributed by atoms with Gasteiger partial charge in [0.1, 0.15) is 11.3 Å². The minimum atomic E-state index is 0.913. The molecule has 63 heavy (non-hydrogen) atoms. The van der Waals surface area contributed by atoms with Crippen LogP contribution in [0.4, 0.5) is 17.1 Å². The minimum absolute atomic E-state index is 0.913. The summed E-state index contributed by atoms with van der Waals surface area (Å²) in [7, 11) is 0. The Morgan fingerprint density at radius 1 is 0.302 bits per heavy atom. The monoisotopic (exact) mass is 805 g/mol. The summed E-state index contributed by atoms with van der Waals surface area (Å²) in [5, 5.41) is 3.64. The van der Waals surface area contributed by atoms with Crippen molar-refractivity contribution in [3.05, 3.63) is 248 Å². The molecule has 0 N–H and O–H groups in total. The predicted molar refractivity (Wildman–Crippen MR) is 266 cm³/mol. The molecule has 11 aromatic rings. The molecule has 0 saturated heterocycles. The van der Waals surface area contributed by atoms with Crippen molar-refractivity contribution in [2.45, 2.75) is 6.92 Å². The van der Waals surface area contributed by atoms with Gasteiger partial charge in [-0.1, -0.05) is 188 Å². The summed E-state index contributed by atoms with van der Waals surface area (Å²) in [5.41, 5.74) is 18.3. The Labute approximate surface area is 368 Å². The highest BCUT2D eigenvalue weighted by molar-refractivity contribution is 5.93. The normalized spacial score (nSPS) is 11.3. The second-order valence-corrected chi connectivity index (χ2v) is 16.1. The number of benzene rings is 10. The number of para-hydroxylation sites is 1. The third kappa shape index (κ3) is 7.28. The zero-order valence-corrected chi connectivity index (χ0v) is 34.9. The second kappa shape index (κ2) is 16.3. The highest BCUT2D eigenvalue weighted by Gasteiger charge is 2.17. The molecule has 0 amide bonds. The molecule has 0 spiro atoms. The molecule has 0 atom stereocenters. The third-order valence-electron chi connectivity index (χ3n) is 12.3. The van der Waals surface area contributed by atoms with Crippen LogP contribution in [0, 0.1) is 6.92 Å². The van der Waals surface area contributed by atoms with Crippen LogP contribution in [-0.2, 0) is 0 Å². The van der Waals surface area contributed by atoms with E-state index in [-0.39, 0.29) is 0 Å². The number of rotatable bonds is 9. The van der Waals surface area contributed by atoms with Crippen molar-refractivity contribution in [2.75, 3.05) is 4.90 Å². The van der Waals surface area contributed by atoms with Gasteiger partial charge in [0, 0.05) is 33.6 Å². The van der Waals surface area contributed by atoms with Crippen LogP contribution < -0.4 is 4.90 Å². The number of fused-ring (bicyclic) bond motifs is 2. The molecule has 0 aliphatic heterocycles. The molecule has 10 aromatic carbocycles. The first-order chi connectivity index (χ1) is 31.1. The fraction of sp³-hybridized carbons (Fsp3) is 0.0164. The first-order valence-electron chi connectivity index (χ1n) is 21.6. The number of nitrogens with zero attached hydrogens (tertiary/aromatic N) is 1. The molecule has 0 bridgehead atoms. The fourth-order valence-corrected chi connectivity index (χ4v) is 9.06. The van der Waals surface area contributed by atoms with Crippen molar-refractivity contribution in [1.82, 2.24) is 0 Å². The fourth-order valence-electron chi connectivity index (χ4n) is 9.06. The molecule has 298 valence electrons. The minimum Gasteiger partial charge on any atom is -0.456 e. The average molecular weight is 806 g/mol. The largest absolute Gasteiger partial charge is 0.456 e. The van der Waals surface area contributed by atoms with E-state index in [0.717, 1.165) is 56.0 Å². The van der Waals surface area contributed by atoms with Crippen molar-refractivity contribution < 1.29 is 4.42 Å². The molecular weight excluding hydrogens is 763 g/mol. The van der Waals surface area contributed by atoms with Gasteiger partial charge in [0.15, 0.2) is 0 Å². The first kappa shape index (κ1) is 37.8. The summed E-state index contributed by atoms with van der Waals surface area (Å²) in [5.74, 6) is 0.916. The Morgan fingerprint density at radius 3 is 1.37 bits per heavy atom. The van der Waals surface area contributed by atoms with E-state index in [9.17, 15) is 0 Å². The van der Waals surface area contributed by atoms with E-state index in [2.05, 4.69) is 242 Å². The molecule has 0 unspecified atom stereocenters. The maximum Gasteiger partial charge on any atom is 0.138 e. The van der Waals surface area contributed by atoms with Crippen molar-refractivity contribution in [2.24, 2.45) is 0 Å². The van der Waals surface area contributed by atoms with Crippen LogP contribution in [0.2, 0.25) is 0 Å². The summed E-state index contributed by atoms with van der Waals surface area (Å²) in [4.78, 5) is 2.35. The summed E-state index contributed by atoms with van der Waals surface area (Å²) < 4.78 is 6.36. The number of hydrogen-bond acceptors (Lipinski definition) is 2. The second-order valence-electron chi connectivity index (χ2n) is 16.1. The van der Waals surface area contributed by atoms with Gasteiger partial charge in [-0.25, -0.2) is 0 Å². The molecule has 11 rings (SSSR count). The van der Waals surface area contributed by atoms with Gasteiger partial charge >= 0.3 is 0 Å². The number of furan rings is 1. The van der Waals surface area contributed by atoms with Gasteiger partial charge in [-0.2, -0.15) is 0 Å². The Morgan fingerprint density at radius 2 is 0.746 bits per heavy atom. The predicted octanol–water partition coefficient (Wildman–Crippen LogP) is 17.4. The maximum absolute atomic E-state index is 6.36. The van der Waals surface area contributed by atoms with Gasteiger partial charge in [0.05, 0.1) is 0 Å². The first-order valence-corrected chi connectivity index (χ1v) is 21.6. The van der Waals surface area contributed by atoms with Crippen molar-refractivity contribution in [3.8, 4) is 67.0 Å². The zero-order valence-electron chi connectivity index (χ0n) is 34.9. The Kier molecular flexibility index (Phi) is 9.80. The molecule has 0 aliphatic carbocycles. The number of anilines is 3. The van der Waals surface area contributed by atoms with Crippen molar-refractivity contribution in [1.29, 1.82) is 0 Å². The lowest BCUT2D eigenvalue weighted by Gasteiger charge is -2.26. The van der Waals surface area contributed by atoms with Gasteiger partial charge in [0.25, 0.3) is 0 Å². The lowest BCUT2D eigenvalue weighted by Crippen LogP contribution is -2.09.